The maximum Gasteiger partial charge on any atom is 0.356 e. The molecule has 1 fully saturated rings. The summed E-state index contributed by atoms with van der Waals surface area (Å²) >= 11 is 1.42. The van der Waals surface area contributed by atoms with E-state index in [9.17, 15) is 23.4 Å². The van der Waals surface area contributed by atoms with Gasteiger partial charge in [-0.25, -0.2) is 4.79 Å². The molecule has 4 atom stereocenters. The number of ether oxygens (including phenoxy) is 2. The summed E-state index contributed by atoms with van der Waals surface area (Å²) in [6.07, 6.45) is -0.722. The Hall–Kier alpha value is -4.09. The zero-order valence-electron chi connectivity index (χ0n) is 22.4. The number of thiophene rings is 1. The Morgan fingerprint density at radius 2 is 1.63 bits per heavy atom. The van der Waals surface area contributed by atoms with Crippen LogP contribution in [0.3, 0.4) is 0 Å². The molecule has 5 rings (SSSR count). The molecule has 0 radical (unpaired) electrons. The fraction of sp³-hybridized carbons (Fsp3) is 0.267. The molecule has 3 heterocycles. The summed E-state index contributed by atoms with van der Waals surface area (Å²) in [5, 5.41) is 2.82. The number of nitrogens with zero attached hydrogens (tertiary/aromatic N) is 1. The summed E-state index contributed by atoms with van der Waals surface area (Å²) in [6.45, 7) is 2.53. The average molecular weight is 593 g/mol. The van der Waals surface area contributed by atoms with Gasteiger partial charge in [0, 0.05) is 17.4 Å². The molecule has 2 aliphatic heterocycles. The molecule has 1 N–H and O–H groups in total. The van der Waals surface area contributed by atoms with Crippen molar-refractivity contribution in [3.63, 3.8) is 0 Å². The van der Waals surface area contributed by atoms with Gasteiger partial charge in [-0.1, -0.05) is 66.7 Å². The standard InChI is InChI=1S/C30H28N2O7S2/c1-18-23(17-38-19(2)33)26(30(36)39-27(20-10-5-3-6-11-20)21-12-7-4-8-13-21)32-28(35)25(29(32)41(18)37)31-24(34)16-22-14-9-15-40-22/h3-15,18,25,27,29H,16-17H2,1-2H3,(H,31,34)/t18?,25?,29-,41?/m0/s1. The molecule has 0 saturated carbocycles. The predicted octanol–water partition coefficient (Wildman–Crippen LogP) is 3.24. The van der Waals surface area contributed by atoms with Gasteiger partial charge in [0.1, 0.15) is 23.7 Å². The van der Waals surface area contributed by atoms with E-state index in [4.69, 9.17) is 9.47 Å². The topological polar surface area (TPSA) is 119 Å². The number of rotatable bonds is 9. The molecule has 2 aromatic carbocycles. The van der Waals surface area contributed by atoms with E-state index in [1.54, 1.807) is 6.92 Å². The van der Waals surface area contributed by atoms with Gasteiger partial charge < -0.3 is 14.8 Å². The third kappa shape index (κ3) is 5.86. The third-order valence-electron chi connectivity index (χ3n) is 6.95. The van der Waals surface area contributed by atoms with Crippen LogP contribution in [-0.2, 0) is 45.9 Å². The Bertz CT molecular complexity index is 1470. The molecule has 0 spiro atoms. The summed E-state index contributed by atoms with van der Waals surface area (Å²) < 4.78 is 24.8. The SMILES string of the molecule is CC(=O)OCC1=C(C(=O)OC(c2ccccc2)c2ccccc2)N2C(=O)C(NC(=O)Cc3cccs3)[C@@H]2S(=O)C1C. The molecule has 11 heteroatoms. The maximum atomic E-state index is 13.9. The van der Waals surface area contributed by atoms with Gasteiger partial charge in [0.2, 0.25) is 5.91 Å². The van der Waals surface area contributed by atoms with Crippen LogP contribution in [0, 0.1) is 0 Å². The van der Waals surface area contributed by atoms with E-state index in [-0.39, 0.29) is 30.2 Å². The lowest BCUT2D eigenvalue weighted by atomic mass is 9.99. The number of esters is 2. The smallest absolute Gasteiger partial charge is 0.356 e. The van der Waals surface area contributed by atoms with Gasteiger partial charge in [-0.2, -0.15) is 0 Å². The average Bonchev–Trinajstić information content (AvgIpc) is 3.48. The van der Waals surface area contributed by atoms with Crippen molar-refractivity contribution in [3.05, 3.63) is 105 Å². The number of hydrogen-bond acceptors (Lipinski definition) is 8. The quantitative estimate of drug-likeness (QED) is 0.299. The minimum atomic E-state index is -1.71. The lowest BCUT2D eigenvalue weighted by Gasteiger charge is -2.50. The number of carbonyl (C=O) groups is 4. The van der Waals surface area contributed by atoms with Crippen molar-refractivity contribution in [2.45, 2.75) is 43.0 Å². The first-order chi connectivity index (χ1) is 19.8. The van der Waals surface area contributed by atoms with Gasteiger partial charge in [0.25, 0.3) is 5.91 Å². The van der Waals surface area contributed by atoms with Crippen molar-refractivity contribution in [1.82, 2.24) is 10.2 Å². The molecule has 1 aromatic heterocycles. The highest BCUT2D eigenvalue weighted by Gasteiger charge is 2.59. The Labute approximate surface area is 243 Å². The molecular weight excluding hydrogens is 564 g/mol. The highest BCUT2D eigenvalue weighted by molar-refractivity contribution is 7.86. The monoisotopic (exact) mass is 592 g/mol. The van der Waals surface area contributed by atoms with Gasteiger partial charge in [-0.15, -0.1) is 11.3 Å². The van der Waals surface area contributed by atoms with Crippen LogP contribution >= 0.6 is 11.3 Å². The van der Waals surface area contributed by atoms with E-state index in [0.29, 0.717) is 11.1 Å². The van der Waals surface area contributed by atoms with Crippen LogP contribution in [0.4, 0.5) is 0 Å². The number of carbonyl (C=O) groups excluding carboxylic acids is 4. The summed E-state index contributed by atoms with van der Waals surface area (Å²) in [5.41, 5.74) is 1.53. The zero-order chi connectivity index (χ0) is 29.1. The molecule has 3 aromatic rings. The summed E-state index contributed by atoms with van der Waals surface area (Å²) in [7, 11) is -1.71. The fourth-order valence-electron chi connectivity index (χ4n) is 4.91. The van der Waals surface area contributed by atoms with Crippen LogP contribution < -0.4 is 5.32 Å². The van der Waals surface area contributed by atoms with Crippen molar-refractivity contribution in [3.8, 4) is 0 Å². The fourth-order valence-corrected chi connectivity index (χ4v) is 7.36. The first kappa shape index (κ1) is 28.4. The second-order valence-corrected chi connectivity index (χ2v) is 12.5. The van der Waals surface area contributed by atoms with E-state index in [2.05, 4.69) is 5.32 Å². The summed E-state index contributed by atoms with van der Waals surface area (Å²) in [5.74, 6) is -2.39. The van der Waals surface area contributed by atoms with Gasteiger partial charge in [0.15, 0.2) is 6.10 Å². The van der Waals surface area contributed by atoms with Gasteiger partial charge in [-0.3, -0.25) is 23.5 Å². The number of nitrogens with one attached hydrogen (secondary N) is 1. The Balaban J connectivity index is 1.47. The number of amides is 2. The second kappa shape index (κ2) is 12.2. The summed E-state index contributed by atoms with van der Waals surface area (Å²) in [4.78, 5) is 53.7. The van der Waals surface area contributed by atoms with E-state index < -0.39 is 51.4 Å². The zero-order valence-corrected chi connectivity index (χ0v) is 24.0. The molecule has 3 unspecified atom stereocenters. The van der Waals surface area contributed by atoms with Gasteiger partial charge >= 0.3 is 11.9 Å². The second-order valence-electron chi connectivity index (χ2n) is 9.63. The lowest BCUT2D eigenvalue weighted by molar-refractivity contribution is -0.155. The molecule has 41 heavy (non-hydrogen) atoms. The van der Waals surface area contributed by atoms with E-state index in [1.807, 2.05) is 78.2 Å². The van der Waals surface area contributed by atoms with Gasteiger partial charge in [-0.05, 0) is 29.5 Å². The van der Waals surface area contributed by atoms with E-state index in [1.165, 1.54) is 18.3 Å². The van der Waals surface area contributed by atoms with Crippen LogP contribution in [0.15, 0.2) is 89.4 Å². The Kier molecular flexibility index (Phi) is 8.46. The van der Waals surface area contributed by atoms with Crippen molar-refractivity contribution in [1.29, 1.82) is 0 Å². The highest BCUT2D eigenvalue weighted by atomic mass is 32.2. The van der Waals surface area contributed by atoms with Crippen LogP contribution in [0.1, 0.15) is 36.0 Å². The molecule has 2 aliphatic rings. The normalized spacial score (nSPS) is 21.6. The van der Waals surface area contributed by atoms with Crippen LogP contribution in [0.2, 0.25) is 0 Å². The van der Waals surface area contributed by atoms with Crippen molar-refractivity contribution in [2.24, 2.45) is 0 Å². The minimum Gasteiger partial charge on any atom is -0.461 e. The number of fused-ring (bicyclic) bond motifs is 1. The molecule has 9 nitrogen and oxygen atoms in total. The molecule has 2 amide bonds. The Morgan fingerprint density at radius 1 is 1.00 bits per heavy atom. The number of benzene rings is 2. The maximum absolute atomic E-state index is 13.9. The van der Waals surface area contributed by atoms with Crippen molar-refractivity contribution in [2.75, 3.05) is 6.61 Å². The highest BCUT2D eigenvalue weighted by Crippen LogP contribution is 2.40. The predicted molar refractivity (Wildman–Crippen MR) is 153 cm³/mol. The molecule has 0 aliphatic carbocycles. The largest absolute Gasteiger partial charge is 0.461 e. The first-order valence-electron chi connectivity index (χ1n) is 13.0. The summed E-state index contributed by atoms with van der Waals surface area (Å²) in [6, 6.07) is 20.9. The lowest BCUT2D eigenvalue weighted by Crippen LogP contribution is -2.74. The van der Waals surface area contributed by atoms with Crippen LogP contribution in [-0.4, -0.2) is 56.1 Å². The van der Waals surface area contributed by atoms with Gasteiger partial charge in [0.05, 0.1) is 22.5 Å². The number of β-lactam (4-membered cyclic amide) rings is 1. The first-order valence-corrected chi connectivity index (χ1v) is 15.1. The van der Waals surface area contributed by atoms with Crippen molar-refractivity contribution >= 4 is 45.9 Å². The van der Waals surface area contributed by atoms with Crippen LogP contribution in [0.25, 0.3) is 0 Å². The van der Waals surface area contributed by atoms with Crippen molar-refractivity contribution < 1.29 is 32.9 Å². The molecule has 0 bridgehead atoms. The molecule has 212 valence electrons. The minimum absolute atomic E-state index is 0.0780. The Morgan fingerprint density at radius 3 is 2.20 bits per heavy atom. The third-order valence-corrected chi connectivity index (χ3v) is 9.77. The number of hydrogen-bond donors (Lipinski definition) is 1. The molecular formula is C30H28N2O7S2. The molecule has 1 saturated heterocycles. The van der Waals surface area contributed by atoms with Crippen LogP contribution in [0.5, 0.6) is 0 Å². The van der Waals surface area contributed by atoms with E-state index in [0.717, 1.165) is 9.78 Å². The van der Waals surface area contributed by atoms with E-state index >= 15 is 0 Å².